The molecule has 1 fully saturated rings. The van der Waals surface area contributed by atoms with E-state index in [0.717, 1.165) is 31.5 Å². The van der Waals surface area contributed by atoms with Gasteiger partial charge in [0, 0.05) is 31.2 Å². The van der Waals surface area contributed by atoms with Crippen molar-refractivity contribution >= 4 is 5.91 Å². The fraction of sp³-hybridized carbons (Fsp3) is 0.562. The fourth-order valence-electron chi connectivity index (χ4n) is 3.03. The molecule has 0 saturated carbocycles. The summed E-state index contributed by atoms with van der Waals surface area (Å²) < 4.78 is 1.95. The molecule has 1 aliphatic heterocycles. The van der Waals surface area contributed by atoms with Crippen LogP contribution in [0, 0.1) is 5.92 Å². The third-order valence-electron chi connectivity index (χ3n) is 4.06. The van der Waals surface area contributed by atoms with Crippen LogP contribution in [0.4, 0.5) is 0 Å². The molecule has 1 aliphatic rings. The molecule has 0 unspecified atom stereocenters. The standard InChI is InChI=1S/C16H23N5O/c1-12(2)9-13-10-15(19-18-13)16(22)20-7-3-5-14(11-20)21-8-4-6-17-21/h4,6,8,10,12,14H,3,5,7,9,11H2,1-2H3,(H,18,19)/t14-/m1/s1. The van der Waals surface area contributed by atoms with E-state index in [1.54, 1.807) is 6.20 Å². The van der Waals surface area contributed by atoms with Crippen LogP contribution in [0.1, 0.15) is 48.9 Å². The van der Waals surface area contributed by atoms with E-state index in [1.807, 2.05) is 27.9 Å². The summed E-state index contributed by atoms with van der Waals surface area (Å²) in [4.78, 5) is 14.5. The number of amides is 1. The molecule has 6 nitrogen and oxygen atoms in total. The highest BCUT2D eigenvalue weighted by molar-refractivity contribution is 5.92. The van der Waals surface area contributed by atoms with E-state index < -0.39 is 0 Å². The monoisotopic (exact) mass is 301 g/mol. The van der Waals surface area contributed by atoms with Crippen molar-refractivity contribution in [1.29, 1.82) is 0 Å². The predicted octanol–water partition coefficient (Wildman–Crippen LogP) is 2.28. The quantitative estimate of drug-likeness (QED) is 0.942. The van der Waals surface area contributed by atoms with E-state index in [4.69, 9.17) is 0 Å². The smallest absolute Gasteiger partial charge is 0.274 e. The molecule has 0 bridgehead atoms. The van der Waals surface area contributed by atoms with Crippen molar-refractivity contribution in [2.24, 2.45) is 5.92 Å². The summed E-state index contributed by atoms with van der Waals surface area (Å²) in [7, 11) is 0. The highest BCUT2D eigenvalue weighted by Crippen LogP contribution is 2.22. The SMILES string of the molecule is CC(C)Cc1cc(C(=O)N2CCC[C@@H](n3cccn3)C2)n[nH]1. The number of H-pyrrole nitrogens is 1. The van der Waals surface area contributed by atoms with E-state index in [-0.39, 0.29) is 11.9 Å². The second-order valence-corrected chi connectivity index (χ2v) is 6.41. The van der Waals surface area contributed by atoms with Crippen LogP contribution in [0.5, 0.6) is 0 Å². The number of piperidine rings is 1. The Morgan fingerprint density at radius 3 is 3.09 bits per heavy atom. The number of carbonyl (C=O) groups excluding carboxylic acids is 1. The van der Waals surface area contributed by atoms with Crippen LogP contribution < -0.4 is 0 Å². The molecule has 0 aliphatic carbocycles. The second kappa shape index (κ2) is 6.34. The minimum Gasteiger partial charge on any atom is -0.335 e. The van der Waals surface area contributed by atoms with Crippen molar-refractivity contribution in [3.8, 4) is 0 Å². The number of hydrogen-bond acceptors (Lipinski definition) is 3. The Balaban J connectivity index is 1.67. The average Bonchev–Trinajstić information content (AvgIpc) is 3.17. The molecule has 6 heteroatoms. The summed E-state index contributed by atoms with van der Waals surface area (Å²) in [5.74, 6) is 0.561. The molecule has 0 spiro atoms. The van der Waals surface area contributed by atoms with Crippen LogP contribution >= 0.6 is 0 Å². The highest BCUT2D eigenvalue weighted by atomic mass is 16.2. The van der Waals surface area contributed by atoms with Crippen LogP contribution in [-0.2, 0) is 6.42 Å². The van der Waals surface area contributed by atoms with Gasteiger partial charge in [-0.25, -0.2) is 0 Å². The van der Waals surface area contributed by atoms with Crippen molar-refractivity contribution in [2.75, 3.05) is 13.1 Å². The molecule has 3 rings (SSSR count). The van der Waals surface area contributed by atoms with Gasteiger partial charge in [0.25, 0.3) is 5.91 Å². The first-order chi connectivity index (χ1) is 10.6. The summed E-state index contributed by atoms with van der Waals surface area (Å²) in [5, 5.41) is 11.5. The molecule has 22 heavy (non-hydrogen) atoms. The first-order valence-electron chi connectivity index (χ1n) is 7.96. The molecule has 0 radical (unpaired) electrons. The van der Waals surface area contributed by atoms with Gasteiger partial charge in [-0.3, -0.25) is 14.6 Å². The molecule has 3 heterocycles. The molecular formula is C16H23N5O. The normalized spacial score (nSPS) is 18.9. The van der Waals surface area contributed by atoms with Crippen LogP contribution in [-0.4, -0.2) is 43.9 Å². The Hall–Kier alpha value is -2.11. The Morgan fingerprint density at radius 2 is 2.36 bits per heavy atom. The Kier molecular flexibility index (Phi) is 4.27. The molecule has 0 aromatic carbocycles. The minimum absolute atomic E-state index is 0.0168. The summed E-state index contributed by atoms with van der Waals surface area (Å²) in [6.07, 6.45) is 6.72. The van der Waals surface area contributed by atoms with E-state index in [2.05, 4.69) is 29.1 Å². The van der Waals surface area contributed by atoms with E-state index in [1.165, 1.54) is 0 Å². The number of likely N-dealkylation sites (tertiary alicyclic amines) is 1. The zero-order valence-corrected chi connectivity index (χ0v) is 13.2. The van der Waals surface area contributed by atoms with Gasteiger partial charge in [0.15, 0.2) is 0 Å². The molecule has 1 N–H and O–H groups in total. The Bertz CT molecular complexity index is 616. The van der Waals surface area contributed by atoms with Crippen LogP contribution in [0.2, 0.25) is 0 Å². The number of rotatable bonds is 4. The summed E-state index contributed by atoms with van der Waals surface area (Å²) in [5.41, 5.74) is 1.55. The van der Waals surface area contributed by atoms with Gasteiger partial charge in [-0.1, -0.05) is 13.8 Å². The number of hydrogen-bond donors (Lipinski definition) is 1. The molecule has 1 amide bonds. The van der Waals surface area contributed by atoms with Crippen molar-refractivity contribution in [2.45, 2.75) is 39.2 Å². The summed E-state index contributed by atoms with van der Waals surface area (Å²) >= 11 is 0. The number of nitrogens with one attached hydrogen (secondary N) is 1. The lowest BCUT2D eigenvalue weighted by molar-refractivity contribution is 0.0667. The van der Waals surface area contributed by atoms with Gasteiger partial charge in [-0.2, -0.15) is 10.2 Å². The maximum Gasteiger partial charge on any atom is 0.274 e. The van der Waals surface area contributed by atoms with Gasteiger partial charge in [0.05, 0.1) is 6.04 Å². The summed E-state index contributed by atoms with van der Waals surface area (Å²) in [6.45, 7) is 5.80. The van der Waals surface area contributed by atoms with Crippen LogP contribution in [0.15, 0.2) is 24.5 Å². The van der Waals surface area contributed by atoms with Gasteiger partial charge < -0.3 is 4.90 Å². The lowest BCUT2D eigenvalue weighted by Gasteiger charge is -2.32. The van der Waals surface area contributed by atoms with Crippen molar-refractivity contribution in [3.05, 3.63) is 35.9 Å². The van der Waals surface area contributed by atoms with Crippen LogP contribution in [0.25, 0.3) is 0 Å². The maximum atomic E-state index is 12.6. The third-order valence-corrected chi connectivity index (χ3v) is 4.06. The molecule has 1 saturated heterocycles. The number of nitrogens with zero attached hydrogens (tertiary/aromatic N) is 4. The first-order valence-corrected chi connectivity index (χ1v) is 7.96. The first kappa shape index (κ1) is 14.8. The van der Waals surface area contributed by atoms with E-state index in [9.17, 15) is 4.79 Å². The Morgan fingerprint density at radius 1 is 1.50 bits per heavy atom. The van der Waals surface area contributed by atoms with E-state index in [0.29, 0.717) is 18.2 Å². The largest absolute Gasteiger partial charge is 0.335 e. The number of carbonyl (C=O) groups is 1. The minimum atomic E-state index is 0.0168. The van der Waals surface area contributed by atoms with Gasteiger partial charge >= 0.3 is 0 Å². The molecule has 118 valence electrons. The molecular weight excluding hydrogens is 278 g/mol. The van der Waals surface area contributed by atoms with Gasteiger partial charge in [0.1, 0.15) is 5.69 Å². The van der Waals surface area contributed by atoms with E-state index >= 15 is 0 Å². The van der Waals surface area contributed by atoms with Gasteiger partial charge in [-0.15, -0.1) is 0 Å². The molecule has 2 aromatic heterocycles. The average molecular weight is 301 g/mol. The maximum absolute atomic E-state index is 12.6. The van der Waals surface area contributed by atoms with Crippen molar-refractivity contribution < 1.29 is 4.79 Å². The second-order valence-electron chi connectivity index (χ2n) is 6.41. The topological polar surface area (TPSA) is 66.8 Å². The van der Waals surface area contributed by atoms with Crippen molar-refractivity contribution in [3.63, 3.8) is 0 Å². The zero-order valence-electron chi connectivity index (χ0n) is 13.2. The molecule has 1 atom stereocenters. The number of aromatic amines is 1. The van der Waals surface area contributed by atoms with Gasteiger partial charge in [0.2, 0.25) is 0 Å². The predicted molar refractivity (Wildman–Crippen MR) is 83.5 cm³/mol. The molecule has 2 aromatic rings. The highest BCUT2D eigenvalue weighted by Gasteiger charge is 2.27. The zero-order chi connectivity index (χ0) is 15.5. The number of aromatic nitrogens is 4. The lowest BCUT2D eigenvalue weighted by Crippen LogP contribution is -2.41. The van der Waals surface area contributed by atoms with Crippen LogP contribution in [0.3, 0.4) is 0 Å². The van der Waals surface area contributed by atoms with Crippen molar-refractivity contribution in [1.82, 2.24) is 24.9 Å². The third kappa shape index (κ3) is 3.21. The summed E-state index contributed by atoms with van der Waals surface area (Å²) in [6, 6.07) is 4.08. The Labute approximate surface area is 130 Å². The lowest BCUT2D eigenvalue weighted by atomic mass is 10.1. The fourth-order valence-corrected chi connectivity index (χ4v) is 3.03. The van der Waals surface area contributed by atoms with Gasteiger partial charge in [-0.05, 0) is 37.3 Å².